The Morgan fingerprint density at radius 2 is 1.94 bits per heavy atom. The molecule has 4 nitrogen and oxygen atoms in total. The zero-order chi connectivity index (χ0) is 12.1. The van der Waals surface area contributed by atoms with E-state index in [9.17, 15) is 0 Å². The van der Waals surface area contributed by atoms with Crippen molar-refractivity contribution in [2.75, 3.05) is 6.61 Å². The van der Waals surface area contributed by atoms with Crippen LogP contribution in [0.4, 0.5) is 0 Å². The third kappa shape index (κ3) is 3.07. The maximum absolute atomic E-state index is 5.68. The molecular weight excluding hydrogens is 240 g/mol. The number of hydrogen-bond donors (Lipinski definition) is 0. The van der Waals surface area contributed by atoms with E-state index in [2.05, 4.69) is 9.97 Å². The van der Waals surface area contributed by atoms with Crippen LogP contribution in [-0.4, -0.2) is 16.6 Å². The maximum atomic E-state index is 5.68. The Balaban J connectivity index is 2.23. The number of hydrogen-bond acceptors (Lipinski definition) is 4. The number of rotatable bonds is 4. The van der Waals surface area contributed by atoms with Gasteiger partial charge in [-0.15, -0.1) is 0 Å². The molecule has 0 saturated carbocycles. The summed E-state index contributed by atoms with van der Waals surface area (Å²) in [4.78, 5) is 7.73. The van der Waals surface area contributed by atoms with Crippen molar-refractivity contribution in [3.8, 4) is 17.4 Å². The van der Waals surface area contributed by atoms with Crippen molar-refractivity contribution in [2.24, 2.45) is 0 Å². The number of para-hydroxylation sites is 2. The largest absolute Gasteiger partial charge is 0.490 e. The molecule has 0 N–H and O–H groups in total. The van der Waals surface area contributed by atoms with E-state index in [4.69, 9.17) is 21.1 Å². The molecule has 2 rings (SSSR count). The summed E-state index contributed by atoms with van der Waals surface area (Å²) in [5.74, 6) is 1.66. The average molecular weight is 251 g/mol. The molecule has 0 aliphatic carbocycles. The summed E-state index contributed by atoms with van der Waals surface area (Å²) in [6.07, 6.45) is 1.54. The molecule has 5 heteroatoms. The fraction of sp³-hybridized carbons (Fsp3) is 0.167. The number of ether oxygens (including phenoxy) is 2. The normalized spacial score (nSPS) is 10.0. The van der Waals surface area contributed by atoms with Crippen LogP contribution in [0.5, 0.6) is 17.4 Å². The average Bonchev–Trinajstić information content (AvgIpc) is 2.32. The molecule has 0 atom stereocenters. The SMILES string of the molecule is CCOc1ccccc1Oc1ccnc(Cl)n1. The van der Waals surface area contributed by atoms with Crippen molar-refractivity contribution >= 4 is 11.6 Å². The van der Waals surface area contributed by atoms with Gasteiger partial charge in [-0.2, -0.15) is 4.98 Å². The lowest BCUT2D eigenvalue weighted by Crippen LogP contribution is -1.95. The fourth-order valence-electron chi connectivity index (χ4n) is 1.30. The van der Waals surface area contributed by atoms with Crippen molar-refractivity contribution in [3.05, 3.63) is 41.8 Å². The van der Waals surface area contributed by atoms with Crippen LogP contribution in [0.25, 0.3) is 0 Å². The van der Waals surface area contributed by atoms with Crippen LogP contribution >= 0.6 is 11.6 Å². The van der Waals surface area contributed by atoms with Gasteiger partial charge in [0.25, 0.3) is 0 Å². The molecule has 0 saturated heterocycles. The molecule has 1 heterocycles. The van der Waals surface area contributed by atoms with Crippen molar-refractivity contribution in [1.82, 2.24) is 9.97 Å². The van der Waals surface area contributed by atoms with Gasteiger partial charge in [-0.05, 0) is 30.7 Å². The van der Waals surface area contributed by atoms with Gasteiger partial charge in [-0.3, -0.25) is 0 Å². The highest BCUT2D eigenvalue weighted by molar-refractivity contribution is 6.28. The fourth-order valence-corrected chi connectivity index (χ4v) is 1.44. The lowest BCUT2D eigenvalue weighted by atomic mass is 10.3. The predicted octanol–water partition coefficient (Wildman–Crippen LogP) is 3.32. The van der Waals surface area contributed by atoms with Crippen LogP contribution in [-0.2, 0) is 0 Å². The third-order valence-corrected chi connectivity index (χ3v) is 2.15. The second kappa shape index (κ2) is 5.50. The zero-order valence-electron chi connectivity index (χ0n) is 9.26. The predicted molar refractivity (Wildman–Crippen MR) is 64.7 cm³/mol. The van der Waals surface area contributed by atoms with Gasteiger partial charge < -0.3 is 9.47 Å². The van der Waals surface area contributed by atoms with Crippen LogP contribution in [0, 0.1) is 0 Å². The molecule has 0 spiro atoms. The van der Waals surface area contributed by atoms with Gasteiger partial charge in [0.2, 0.25) is 11.2 Å². The number of aromatic nitrogens is 2. The summed E-state index contributed by atoms with van der Waals surface area (Å²) in [6.45, 7) is 2.49. The van der Waals surface area contributed by atoms with E-state index in [1.165, 1.54) is 6.20 Å². The lowest BCUT2D eigenvalue weighted by molar-refractivity contribution is 0.319. The molecule has 88 valence electrons. The summed E-state index contributed by atoms with van der Waals surface area (Å²) in [5, 5.41) is 0.149. The van der Waals surface area contributed by atoms with Crippen molar-refractivity contribution in [2.45, 2.75) is 6.92 Å². The van der Waals surface area contributed by atoms with E-state index in [1.54, 1.807) is 12.1 Å². The number of benzene rings is 1. The monoisotopic (exact) mass is 250 g/mol. The van der Waals surface area contributed by atoms with Gasteiger partial charge in [-0.25, -0.2) is 4.98 Å². The minimum atomic E-state index is 0.149. The summed E-state index contributed by atoms with van der Waals surface area (Å²) >= 11 is 5.68. The van der Waals surface area contributed by atoms with E-state index >= 15 is 0 Å². The van der Waals surface area contributed by atoms with Gasteiger partial charge in [0.15, 0.2) is 11.5 Å². The van der Waals surface area contributed by atoms with Crippen LogP contribution in [0.3, 0.4) is 0 Å². The molecule has 2 aromatic rings. The summed E-state index contributed by atoms with van der Waals surface area (Å²) in [7, 11) is 0. The molecular formula is C12H11ClN2O2. The van der Waals surface area contributed by atoms with Gasteiger partial charge >= 0.3 is 0 Å². The van der Waals surface area contributed by atoms with Crippen molar-refractivity contribution in [1.29, 1.82) is 0 Å². The Morgan fingerprint density at radius 3 is 2.65 bits per heavy atom. The first-order chi connectivity index (χ1) is 8.29. The molecule has 0 aliphatic heterocycles. The van der Waals surface area contributed by atoms with Crippen LogP contribution in [0.2, 0.25) is 5.28 Å². The van der Waals surface area contributed by atoms with E-state index in [1.807, 2.05) is 25.1 Å². The highest BCUT2D eigenvalue weighted by atomic mass is 35.5. The third-order valence-electron chi connectivity index (χ3n) is 1.96. The van der Waals surface area contributed by atoms with E-state index in [-0.39, 0.29) is 5.28 Å². The smallest absolute Gasteiger partial charge is 0.225 e. The summed E-state index contributed by atoms with van der Waals surface area (Å²) < 4.78 is 11.0. The Morgan fingerprint density at radius 1 is 1.18 bits per heavy atom. The molecule has 0 aliphatic rings. The van der Waals surface area contributed by atoms with E-state index in [0.717, 1.165) is 0 Å². The van der Waals surface area contributed by atoms with Crippen LogP contribution in [0.15, 0.2) is 36.5 Å². The molecule has 0 amide bonds. The van der Waals surface area contributed by atoms with Gasteiger partial charge in [0.05, 0.1) is 6.61 Å². The first-order valence-electron chi connectivity index (χ1n) is 5.18. The van der Waals surface area contributed by atoms with Crippen molar-refractivity contribution in [3.63, 3.8) is 0 Å². The Kier molecular flexibility index (Phi) is 3.77. The topological polar surface area (TPSA) is 44.2 Å². The van der Waals surface area contributed by atoms with E-state index < -0.39 is 0 Å². The Bertz CT molecular complexity index is 505. The molecule has 0 fully saturated rings. The summed E-state index contributed by atoms with van der Waals surface area (Å²) in [6, 6.07) is 9.02. The van der Waals surface area contributed by atoms with Gasteiger partial charge in [0.1, 0.15) is 0 Å². The quantitative estimate of drug-likeness (QED) is 0.781. The van der Waals surface area contributed by atoms with Gasteiger partial charge in [0, 0.05) is 12.3 Å². The standard InChI is InChI=1S/C12H11ClN2O2/c1-2-16-9-5-3-4-6-10(9)17-11-7-8-14-12(13)15-11/h3-8H,2H2,1H3. The highest BCUT2D eigenvalue weighted by Gasteiger charge is 2.06. The molecule has 0 bridgehead atoms. The number of halogens is 1. The molecule has 0 radical (unpaired) electrons. The highest BCUT2D eigenvalue weighted by Crippen LogP contribution is 2.30. The minimum Gasteiger partial charge on any atom is -0.490 e. The molecule has 17 heavy (non-hydrogen) atoms. The number of nitrogens with zero attached hydrogens (tertiary/aromatic N) is 2. The first kappa shape index (κ1) is 11.7. The van der Waals surface area contributed by atoms with Crippen molar-refractivity contribution < 1.29 is 9.47 Å². The molecule has 1 aromatic heterocycles. The van der Waals surface area contributed by atoms with Crippen LogP contribution < -0.4 is 9.47 Å². The second-order valence-corrected chi connectivity index (χ2v) is 3.48. The summed E-state index contributed by atoms with van der Waals surface area (Å²) in [5.41, 5.74) is 0. The lowest BCUT2D eigenvalue weighted by Gasteiger charge is -2.10. The van der Waals surface area contributed by atoms with Crippen LogP contribution in [0.1, 0.15) is 6.92 Å². The van der Waals surface area contributed by atoms with E-state index in [0.29, 0.717) is 24.0 Å². The Hall–Kier alpha value is -1.81. The Labute approximate surface area is 104 Å². The molecule has 1 aromatic carbocycles. The second-order valence-electron chi connectivity index (χ2n) is 3.15. The minimum absolute atomic E-state index is 0.149. The molecule has 0 unspecified atom stereocenters. The zero-order valence-corrected chi connectivity index (χ0v) is 10.0. The maximum Gasteiger partial charge on any atom is 0.225 e. The van der Waals surface area contributed by atoms with Gasteiger partial charge in [-0.1, -0.05) is 12.1 Å². The first-order valence-corrected chi connectivity index (χ1v) is 5.55.